The maximum absolute atomic E-state index is 13.2. The average molecular weight is 449 g/mol. The van der Waals surface area contributed by atoms with Gasteiger partial charge in [0.25, 0.3) is 0 Å². The molecule has 1 aliphatic heterocycles. The Morgan fingerprint density at radius 2 is 1.75 bits per heavy atom. The van der Waals surface area contributed by atoms with Crippen molar-refractivity contribution in [2.75, 3.05) is 6.61 Å². The summed E-state index contributed by atoms with van der Waals surface area (Å²) in [4.78, 5) is 24.7. The van der Waals surface area contributed by atoms with E-state index in [9.17, 15) is 14.7 Å². The number of ketones is 1. The van der Waals surface area contributed by atoms with Crippen molar-refractivity contribution >= 4 is 11.8 Å². The third-order valence-electron chi connectivity index (χ3n) is 10.5. The van der Waals surface area contributed by atoms with Crippen LogP contribution in [0.15, 0.2) is 0 Å². The SMILES string of the molecule is CC(=O)O[C@H]1CC[C@@]2(C)[C@@H](CC[C@@H]3[C@@H]2CC[C@@]2(C)[C@H]3C[C@H]3OC(C)(C)O[C@]32C(=O)CO)C1. The molecule has 180 valence electrons. The zero-order valence-corrected chi connectivity index (χ0v) is 20.3. The van der Waals surface area contributed by atoms with Crippen molar-refractivity contribution in [1.29, 1.82) is 0 Å². The lowest BCUT2D eigenvalue weighted by Gasteiger charge is -2.61. The summed E-state index contributed by atoms with van der Waals surface area (Å²) in [6, 6.07) is 0. The highest BCUT2D eigenvalue weighted by Crippen LogP contribution is 2.71. The molecule has 1 heterocycles. The Labute approximate surface area is 191 Å². The van der Waals surface area contributed by atoms with E-state index in [4.69, 9.17) is 14.2 Å². The van der Waals surface area contributed by atoms with Crippen LogP contribution < -0.4 is 0 Å². The molecule has 4 saturated carbocycles. The first-order valence-corrected chi connectivity index (χ1v) is 12.7. The molecule has 0 aromatic rings. The Kier molecular flexibility index (Phi) is 5.17. The summed E-state index contributed by atoms with van der Waals surface area (Å²) in [5.41, 5.74) is -1.09. The van der Waals surface area contributed by atoms with Crippen molar-refractivity contribution in [2.24, 2.45) is 34.5 Å². The van der Waals surface area contributed by atoms with Crippen LogP contribution in [0.25, 0.3) is 0 Å². The standard InChI is InChI=1S/C26H40O6/c1-15(28)30-17-8-10-24(4)16(12-17)6-7-18-19(24)9-11-25(5)20(18)13-22-26(25,21(29)14-27)32-23(2,3)31-22/h16-20,22,27H,6-14H2,1-5H3/t16-,17-,18+,19-,20-,22+,24-,25-,26+/m0/s1. The summed E-state index contributed by atoms with van der Waals surface area (Å²) in [6.45, 7) is 9.49. The molecule has 9 atom stereocenters. The second kappa shape index (κ2) is 7.26. The smallest absolute Gasteiger partial charge is 0.302 e. The van der Waals surface area contributed by atoms with Gasteiger partial charge in [0, 0.05) is 12.3 Å². The van der Waals surface area contributed by atoms with E-state index < -0.39 is 18.0 Å². The van der Waals surface area contributed by atoms with Gasteiger partial charge in [-0.15, -0.1) is 0 Å². The number of rotatable bonds is 3. The van der Waals surface area contributed by atoms with Gasteiger partial charge < -0.3 is 19.3 Å². The largest absolute Gasteiger partial charge is 0.463 e. The lowest BCUT2D eigenvalue weighted by molar-refractivity contribution is -0.221. The second-order valence-electron chi connectivity index (χ2n) is 12.3. The first-order valence-electron chi connectivity index (χ1n) is 12.7. The molecule has 6 heteroatoms. The average Bonchev–Trinajstić information content (AvgIpc) is 3.13. The summed E-state index contributed by atoms with van der Waals surface area (Å²) in [6.07, 6.45) is 7.97. The predicted molar refractivity (Wildman–Crippen MR) is 118 cm³/mol. The first-order chi connectivity index (χ1) is 15.0. The molecule has 1 saturated heterocycles. The van der Waals surface area contributed by atoms with Crippen LogP contribution in [0.4, 0.5) is 0 Å². The number of fused-ring (bicyclic) bond motifs is 7. The van der Waals surface area contributed by atoms with E-state index in [2.05, 4.69) is 13.8 Å². The van der Waals surface area contributed by atoms with Gasteiger partial charge in [-0.25, -0.2) is 0 Å². The van der Waals surface area contributed by atoms with Crippen molar-refractivity contribution in [1.82, 2.24) is 0 Å². The molecule has 0 aromatic heterocycles. The van der Waals surface area contributed by atoms with Gasteiger partial charge in [-0.1, -0.05) is 13.8 Å². The molecule has 5 rings (SSSR count). The molecule has 0 radical (unpaired) electrons. The molecule has 0 bridgehead atoms. The van der Waals surface area contributed by atoms with Crippen LogP contribution in [0, 0.1) is 34.5 Å². The molecule has 0 amide bonds. The third-order valence-corrected chi connectivity index (χ3v) is 10.5. The number of carbonyl (C=O) groups is 2. The van der Waals surface area contributed by atoms with Crippen molar-refractivity contribution in [2.45, 2.75) is 110 Å². The summed E-state index contributed by atoms with van der Waals surface area (Å²) < 4.78 is 18.4. The van der Waals surface area contributed by atoms with Crippen LogP contribution in [0.1, 0.15) is 86.0 Å². The van der Waals surface area contributed by atoms with E-state index in [0.29, 0.717) is 23.7 Å². The molecular weight excluding hydrogens is 408 g/mol. The Hall–Kier alpha value is -0.980. The zero-order chi connectivity index (χ0) is 23.1. The van der Waals surface area contributed by atoms with Crippen LogP contribution in [-0.4, -0.2) is 47.1 Å². The van der Waals surface area contributed by atoms with E-state index in [-0.39, 0.29) is 34.8 Å². The molecule has 4 aliphatic carbocycles. The van der Waals surface area contributed by atoms with Crippen LogP contribution >= 0.6 is 0 Å². The van der Waals surface area contributed by atoms with Gasteiger partial charge in [0.2, 0.25) is 0 Å². The van der Waals surface area contributed by atoms with Crippen LogP contribution in [0.2, 0.25) is 0 Å². The predicted octanol–water partition coefficient (Wildman–Crippen LogP) is 4.02. The third kappa shape index (κ3) is 2.94. The van der Waals surface area contributed by atoms with Gasteiger partial charge in [-0.05, 0) is 94.3 Å². The van der Waals surface area contributed by atoms with E-state index in [0.717, 1.165) is 51.4 Å². The number of carbonyl (C=O) groups excluding carboxylic acids is 2. The molecule has 6 nitrogen and oxygen atoms in total. The monoisotopic (exact) mass is 448 g/mol. The minimum Gasteiger partial charge on any atom is -0.463 e. The van der Waals surface area contributed by atoms with Crippen LogP contribution in [0.5, 0.6) is 0 Å². The number of hydrogen-bond acceptors (Lipinski definition) is 6. The number of Topliss-reactive ketones (excluding diaryl/α,β-unsaturated/α-hetero) is 1. The topological polar surface area (TPSA) is 82.1 Å². The highest BCUT2D eigenvalue weighted by atomic mass is 16.8. The first kappa shape index (κ1) is 22.8. The highest BCUT2D eigenvalue weighted by molar-refractivity contribution is 5.91. The normalized spacial score (nSPS) is 51.2. The maximum atomic E-state index is 13.2. The van der Waals surface area contributed by atoms with Crippen molar-refractivity contribution in [3.63, 3.8) is 0 Å². The minimum absolute atomic E-state index is 0.0660. The van der Waals surface area contributed by atoms with Crippen molar-refractivity contribution in [3.05, 3.63) is 0 Å². The fraction of sp³-hybridized carbons (Fsp3) is 0.923. The van der Waals surface area contributed by atoms with E-state index >= 15 is 0 Å². The lowest BCUT2D eigenvalue weighted by Crippen LogP contribution is -2.61. The van der Waals surface area contributed by atoms with Gasteiger partial charge in [-0.2, -0.15) is 0 Å². The van der Waals surface area contributed by atoms with Gasteiger partial charge in [-0.3, -0.25) is 9.59 Å². The van der Waals surface area contributed by atoms with Crippen molar-refractivity contribution < 1.29 is 28.9 Å². The summed E-state index contributed by atoms with van der Waals surface area (Å²) in [5.74, 6) is 0.931. The second-order valence-corrected chi connectivity index (χ2v) is 12.3. The molecule has 1 N–H and O–H groups in total. The zero-order valence-electron chi connectivity index (χ0n) is 20.3. The van der Waals surface area contributed by atoms with E-state index in [1.807, 2.05) is 13.8 Å². The van der Waals surface area contributed by atoms with Crippen LogP contribution in [-0.2, 0) is 23.8 Å². The molecule has 32 heavy (non-hydrogen) atoms. The highest BCUT2D eigenvalue weighted by Gasteiger charge is 2.75. The van der Waals surface area contributed by atoms with Gasteiger partial charge in [0.05, 0.1) is 6.10 Å². The number of aliphatic hydroxyl groups is 1. The fourth-order valence-corrected chi connectivity index (χ4v) is 9.28. The van der Waals surface area contributed by atoms with Crippen LogP contribution in [0.3, 0.4) is 0 Å². The summed E-state index contributed by atoms with van der Waals surface area (Å²) in [5, 5.41) is 9.91. The quantitative estimate of drug-likeness (QED) is 0.657. The Bertz CT molecular complexity index is 808. The Morgan fingerprint density at radius 3 is 2.44 bits per heavy atom. The molecule has 0 aromatic carbocycles. The van der Waals surface area contributed by atoms with Gasteiger partial charge in [0.1, 0.15) is 12.7 Å². The fourth-order valence-electron chi connectivity index (χ4n) is 9.28. The van der Waals surface area contributed by atoms with E-state index in [1.54, 1.807) is 0 Å². The maximum Gasteiger partial charge on any atom is 0.302 e. The van der Waals surface area contributed by atoms with Gasteiger partial charge in [0.15, 0.2) is 17.2 Å². The molecule has 0 spiro atoms. The Morgan fingerprint density at radius 1 is 1.00 bits per heavy atom. The summed E-state index contributed by atoms with van der Waals surface area (Å²) >= 11 is 0. The molecule has 5 aliphatic rings. The molecular formula is C26H40O6. The van der Waals surface area contributed by atoms with Gasteiger partial charge >= 0.3 is 5.97 Å². The molecule has 5 fully saturated rings. The Balaban J connectivity index is 1.43. The molecule has 0 unspecified atom stereocenters. The summed E-state index contributed by atoms with van der Waals surface area (Å²) in [7, 11) is 0. The van der Waals surface area contributed by atoms with E-state index in [1.165, 1.54) is 6.92 Å². The number of hydrogen-bond donors (Lipinski definition) is 1. The lowest BCUT2D eigenvalue weighted by atomic mass is 9.44. The minimum atomic E-state index is -1.04. The number of esters is 1. The van der Waals surface area contributed by atoms with Crippen molar-refractivity contribution in [3.8, 4) is 0 Å². The number of aliphatic hydroxyl groups excluding tert-OH is 1. The number of ether oxygens (including phenoxy) is 3.